The summed E-state index contributed by atoms with van der Waals surface area (Å²) in [5.41, 5.74) is 1.97. The molecule has 7 heteroatoms. The number of sulfonamides is 1. The molecule has 0 atom stereocenters. The van der Waals surface area contributed by atoms with E-state index in [0.717, 1.165) is 12.8 Å². The quantitative estimate of drug-likeness (QED) is 0.508. The molecule has 1 aliphatic rings. The molecule has 6 nitrogen and oxygen atoms in total. The average Bonchev–Trinajstić information content (AvgIpc) is 3.60. The third kappa shape index (κ3) is 4.94. The first-order valence-electron chi connectivity index (χ1n) is 10.6. The van der Waals surface area contributed by atoms with Gasteiger partial charge < -0.3 is 10.1 Å². The Labute approximate surface area is 188 Å². The van der Waals surface area contributed by atoms with Crippen LogP contribution in [0.25, 0.3) is 0 Å². The fraction of sp³-hybridized carbons (Fsp3) is 0.240. The van der Waals surface area contributed by atoms with Gasteiger partial charge in [0.2, 0.25) is 0 Å². The Hall–Kier alpha value is -3.32. The highest BCUT2D eigenvalue weighted by Crippen LogP contribution is 2.47. The highest BCUT2D eigenvalue weighted by molar-refractivity contribution is 7.92. The van der Waals surface area contributed by atoms with Crippen molar-refractivity contribution in [1.29, 1.82) is 0 Å². The number of hydrogen-bond acceptors (Lipinski definition) is 4. The molecule has 166 valence electrons. The van der Waals surface area contributed by atoms with Gasteiger partial charge in [-0.1, -0.05) is 36.4 Å². The number of carbonyl (C=O) groups is 1. The van der Waals surface area contributed by atoms with Crippen LogP contribution in [-0.2, 0) is 15.4 Å². The third-order valence-electron chi connectivity index (χ3n) is 5.65. The van der Waals surface area contributed by atoms with E-state index in [1.807, 2.05) is 25.1 Å². The molecule has 1 amide bonds. The number of carbonyl (C=O) groups excluding carboxylic acids is 1. The Kier molecular flexibility index (Phi) is 6.19. The molecule has 4 rings (SSSR count). The molecule has 2 N–H and O–H groups in total. The van der Waals surface area contributed by atoms with E-state index in [-0.39, 0.29) is 16.2 Å². The van der Waals surface area contributed by atoms with Crippen LogP contribution in [0.2, 0.25) is 0 Å². The van der Waals surface area contributed by atoms with Gasteiger partial charge in [-0.05, 0) is 67.8 Å². The van der Waals surface area contributed by atoms with Gasteiger partial charge in [0.1, 0.15) is 5.75 Å². The summed E-state index contributed by atoms with van der Waals surface area (Å²) >= 11 is 0. The molecule has 1 saturated carbocycles. The Bertz CT molecular complexity index is 1190. The normalized spacial score (nSPS) is 14.4. The largest absolute Gasteiger partial charge is 0.494 e. The summed E-state index contributed by atoms with van der Waals surface area (Å²) in [4.78, 5) is 12.9. The summed E-state index contributed by atoms with van der Waals surface area (Å²) < 4.78 is 33.3. The Morgan fingerprint density at radius 3 is 2.34 bits per heavy atom. The standard InChI is InChI=1S/C25H26N2O4S/c1-2-31-22-11-13-23(14-12-22)32(29,30)27-21-10-6-7-19(17-21)24(28)26-18-25(15-16-25)20-8-4-3-5-9-20/h3-14,17,27H,2,15-16,18H2,1H3,(H,26,28). The summed E-state index contributed by atoms with van der Waals surface area (Å²) in [6.07, 6.45) is 2.08. The van der Waals surface area contributed by atoms with Crippen molar-refractivity contribution in [2.45, 2.75) is 30.1 Å². The van der Waals surface area contributed by atoms with Gasteiger partial charge in [-0.15, -0.1) is 0 Å². The number of nitrogens with one attached hydrogen (secondary N) is 2. The topological polar surface area (TPSA) is 84.5 Å². The first kappa shape index (κ1) is 21.9. The molecule has 32 heavy (non-hydrogen) atoms. The minimum atomic E-state index is -3.79. The fourth-order valence-corrected chi connectivity index (χ4v) is 4.73. The van der Waals surface area contributed by atoms with Crippen LogP contribution >= 0.6 is 0 Å². The van der Waals surface area contributed by atoms with E-state index in [1.54, 1.807) is 36.4 Å². The van der Waals surface area contributed by atoms with E-state index in [9.17, 15) is 13.2 Å². The molecule has 0 saturated heterocycles. The third-order valence-corrected chi connectivity index (χ3v) is 7.05. The van der Waals surface area contributed by atoms with Crippen molar-refractivity contribution in [3.63, 3.8) is 0 Å². The average molecular weight is 451 g/mol. The van der Waals surface area contributed by atoms with Crippen LogP contribution in [0.3, 0.4) is 0 Å². The number of benzene rings is 3. The summed E-state index contributed by atoms with van der Waals surface area (Å²) in [6, 6.07) is 22.9. The van der Waals surface area contributed by atoms with E-state index < -0.39 is 10.0 Å². The molecule has 0 unspecified atom stereocenters. The van der Waals surface area contributed by atoms with Gasteiger partial charge in [0.25, 0.3) is 15.9 Å². The Morgan fingerprint density at radius 2 is 1.69 bits per heavy atom. The van der Waals surface area contributed by atoms with Crippen molar-refractivity contribution in [2.24, 2.45) is 0 Å². The van der Waals surface area contributed by atoms with Crippen LogP contribution in [0.15, 0.2) is 83.8 Å². The maximum atomic E-state index is 12.7. The predicted octanol–water partition coefficient (Wildman–Crippen LogP) is 4.35. The summed E-state index contributed by atoms with van der Waals surface area (Å²) in [5.74, 6) is 0.378. The van der Waals surface area contributed by atoms with Crippen LogP contribution in [0.4, 0.5) is 5.69 Å². The minimum absolute atomic E-state index is 0.00374. The maximum Gasteiger partial charge on any atom is 0.261 e. The number of hydrogen-bond donors (Lipinski definition) is 2. The van der Waals surface area contributed by atoms with E-state index in [4.69, 9.17) is 4.74 Å². The SMILES string of the molecule is CCOc1ccc(S(=O)(=O)Nc2cccc(C(=O)NCC3(c4ccccc4)CC3)c2)cc1. The highest BCUT2D eigenvalue weighted by atomic mass is 32.2. The number of anilines is 1. The van der Waals surface area contributed by atoms with Crippen molar-refractivity contribution < 1.29 is 17.9 Å². The zero-order valence-electron chi connectivity index (χ0n) is 17.9. The molecule has 0 bridgehead atoms. The second-order valence-corrected chi connectivity index (χ2v) is 9.60. The molecule has 1 aliphatic carbocycles. The molecule has 0 radical (unpaired) electrons. The van der Waals surface area contributed by atoms with E-state index >= 15 is 0 Å². The molecule has 0 aliphatic heterocycles. The van der Waals surface area contributed by atoms with Crippen LogP contribution in [0.5, 0.6) is 5.75 Å². The lowest BCUT2D eigenvalue weighted by atomic mass is 9.96. The fourth-order valence-electron chi connectivity index (χ4n) is 3.68. The van der Waals surface area contributed by atoms with E-state index in [1.165, 1.54) is 17.7 Å². The summed E-state index contributed by atoms with van der Waals surface area (Å²) in [7, 11) is -3.79. The molecule has 1 fully saturated rings. The van der Waals surface area contributed by atoms with Gasteiger partial charge in [0.05, 0.1) is 11.5 Å². The first-order valence-corrected chi connectivity index (χ1v) is 12.1. The Balaban J connectivity index is 1.42. The van der Waals surface area contributed by atoms with Gasteiger partial charge in [-0.25, -0.2) is 8.42 Å². The van der Waals surface area contributed by atoms with Crippen molar-refractivity contribution in [1.82, 2.24) is 5.32 Å². The highest BCUT2D eigenvalue weighted by Gasteiger charge is 2.44. The monoisotopic (exact) mass is 450 g/mol. The lowest BCUT2D eigenvalue weighted by Gasteiger charge is -2.17. The van der Waals surface area contributed by atoms with E-state index in [2.05, 4.69) is 22.2 Å². The van der Waals surface area contributed by atoms with Crippen LogP contribution < -0.4 is 14.8 Å². The molecular formula is C25H26N2O4S. The zero-order valence-corrected chi connectivity index (χ0v) is 18.7. The lowest BCUT2D eigenvalue weighted by Crippen LogP contribution is -2.32. The molecule has 0 spiro atoms. The summed E-state index contributed by atoms with van der Waals surface area (Å²) in [6.45, 7) is 2.92. The van der Waals surface area contributed by atoms with Crippen molar-refractivity contribution in [3.8, 4) is 5.75 Å². The number of ether oxygens (including phenoxy) is 1. The van der Waals surface area contributed by atoms with Crippen LogP contribution in [-0.4, -0.2) is 27.5 Å². The molecule has 3 aromatic carbocycles. The van der Waals surface area contributed by atoms with Gasteiger partial charge in [-0.2, -0.15) is 0 Å². The lowest BCUT2D eigenvalue weighted by molar-refractivity contribution is 0.0949. The Morgan fingerprint density at radius 1 is 0.969 bits per heavy atom. The smallest absolute Gasteiger partial charge is 0.261 e. The number of amides is 1. The van der Waals surface area contributed by atoms with E-state index in [0.29, 0.717) is 30.2 Å². The summed E-state index contributed by atoms with van der Waals surface area (Å²) in [5, 5.41) is 3.01. The second-order valence-electron chi connectivity index (χ2n) is 7.92. The first-order chi connectivity index (χ1) is 15.4. The van der Waals surface area contributed by atoms with Gasteiger partial charge in [-0.3, -0.25) is 9.52 Å². The van der Waals surface area contributed by atoms with Crippen molar-refractivity contribution in [3.05, 3.63) is 90.0 Å². The maximum absolute atomic E-state index is 12.7. The van der Waals surface area contributed by atoms with Gasteiger partial charge >= 0.3 is 0 Å². The van der Waals surface area contributed by atoms with Crippen molar-refractivity contribution >= 4 is 21.6 Å². The number of rotatable bonds is 9. The molecule has 0 heterocycles. The predicted molar refractivity (Wildman–Crippen MR) is 125 cm³/mol. The molecule has 3 aromatic rings. The minimum Gasteiger partial charge on any atom is -0.494 e. The van der Waals surface area contributed by atoms with Crippen molar-refractivity contribution in [2.75, 3.05) is 17.9 Å². The van der Waals surface area contributed by atoms with Gasteiger partial charge in [0, 0.05) is 23.2 Å². The molecular weight excluding hydrogens is 424 g/mol. The second kappa shape index (κ2) is 9.04. The molecule has 0 aromatic heterocycles. The zero-order chi connectivity index (χ0) is 22.6. The van der Waals surface area contributed by atoms with Gasteiger partial charge in [0.15, 0.2) is 0 Å². The van der Waals surface area contributed by atoms with Crippen LogP contribution in [0.1, 0.15) is 35.7 Å². The van der Waals surface area contributed by atoms with Crippen LogP contribution in [0, 0.1) is 0 Å².